The van der Waals surface area contributed by atoms with Gasteiger partial charge in [0.15, 0.2) is 5.69 Å². The highest BCUT2D eigenvalue weighted by molar-refractivity contribution is 6.30. The summed E-state index contributed by atoms with van der Waals surface area (Å²) in [6.45, 7) is -0.108. The molecule has 1 heterocycles. The van der Waals surface area contributed by atoms with Crippen LogP contribution in [0.3, 0.4) is 0 Å². The number of benzene rings is 1. The van der Waals surface area contributed by atoms with Crippen molar-refractivity contribution in [1.82, 2.24) is 15.5 Å². The Kier molecular flexibility index (Phi) is 6.50. The molecule has 156 valence electrons. The van der Waals surface area contributed by atoms with Gasteiger partial charge in [-0.25, -0.2) is 0 Å². The first-order chi connectivity index (χ1) is 14.7. The third-order valence-corrected chi connectivity index (χ3v) is 6.03. The van der Waals surface area contributed by atoms with Crippen LogP contribution in [-0.2, 0) is 6.42 Å². The van der Waals surface area contributed by atoms with Gasteiger partial charge >= 0.3 is 0 Å². The van der Waals surface area contributed by atoms with Crippen molar-refractivity contribution in [3.63, 3.8) is 0 Å². The summed E-state index contributed by atoms with van der Waals surface area (Å²) in [5.74, 6) is -0.149. The molecule has 1 aromatic heterocycles. The molecule has 4 rings (SSSR count). The first kappa shape index (κ1) is 20.6. The summed E-state index contributed by atoms with van der Waals surface area (Å²) in [6.07, 6.45) is 14.7. The van der Waals surface area contributed by atoms with Gasteiger partial charge in [0, 0.05) is 16.5 Å². The van der Waals surface area contributed by atoms with Gasteiger partial charge in [-0.1, -0.05) is 48.0 Å². The van der Waals surface area contributed by atoms with Crippen LogP contribution in [0.4, 0.5) is 0 Å². The van der Waals surface area contributed by atoms with Crippen molar-refractivity contribution in [2.24, 2.45) is 5.92 Å². The number of carbonyl (C=O) groups excluding carboxylic acids is 1. The molecule has 0 saturated heterocycles. The summed E-state index contributed by atoms with van der Waals surface area (Å²) in [5, 5.41) is 21.0. The Morgan fingerprint density at radius 1 is 1.27 bits per heavy atom. The highest BCUT2D eigenvalue weighted by Gasteiger charge is 2.27. The summed E-state index contributed by atoms with van der Waals surface area (Å²) in [4.78, 5) is 13.0. The fraction of sp³-hybridized carbons (Fsp3) is 0.333. The lowest BCUT2D eigenvalue weighted by atomic mass is 9.93. The maximum atomic E-state index is 13.0. The van der Waals surface area contributed by atoms with Gasteiger partial charge < -0.3 is 10.4 Å². The van der Waals surface area contributed by atoms with Gasteiger partial charge in [0.25, 0.3) is 5.91 Å². The Balaban J connectivity index is 1.58. The van der Waals surface area contributed by atoms with Crippen molar-refractivity contribution in [2.45, 2.75) is 38.1 Å². The molecule has 0 saturated carbocycles. The number of allylic oxidation sites excluding steroid dienone is 4. The average Bonchev–Trinajstić information content (AvgIpc) is 3.10. The molecule has 30 heavy (non-hydrogen) atoms. The van der Waals surface area contributed by atoms with Crippen molar-refractivity contribution in [3.8, 4) is 0 Å². The second kappa shape index (κ2) is 9.45. The number of hydrogen-bond donors (Lipinski definition) is 3. The van der Waals surface area contributed by atoms with E-state index in [1.54, 1.807) is 0 Å². The summed E-state index contributed by atoms with van der Waals surface area (Å²) >= 11 is 6.00. The van der Waals surface area contributed by atoms with Gasteiger partial charge in [-0.3, -0.25) is 9.89 Å². The molecule has 5 nitrogen and oxygen atoms in total. The molecule has 2 aliphatic carbocycles. The van der Waals surface area contributed by atoms with Crippen LogP contribution in [0.15, 0.2) is 48.6 Å². The van der Waals surface area contributed by atoms with Gasteiger partial charge in [0.2, 0.25) is 0 Å². The predicted molar refractivity (Wildman–Crippen MR) is 120 cm³/mol. The van der Waals surface area contributed by atoms with Crippen molar-refractivity contribution >= 4 is 29.2 Å². The molecule has 2 aromatic rings. The van der Waals surface area contributed by atoms with E-state index in [1.165, 1.54) is 0 Å². The second-order valence-electron chi connectivity index (χ2n) is 7.83. The molecule has 2 aliphatic rings. The quantitative estimate of drug-likeness (QED) is 0.617. The van der Waals surface area contributed by atoms with Crippen molar-refractivity contribution in [1.29, 1.82) is 0 Å². The SMILES string of the molecule is O=C(N[C@@H](CO)C1C=CC=CC1)c1n[nH]c2c1CCCC/C2=C\c1ccc(Cl)cc1. The normalized spacial score (nSPS) is 20.6. The topological polar surface area (TPSA) is 78.0 Å². The second-order valence-corrected chi connectivity index (χ2v) is 8.27. The first-order valence-corrected chi connectivity index (χ1v) is 10.8. The molecule has 1 aromatic carbocycles. The zero-order valence-corrected chi connectivity index (χ0v) is 17.5. The maximum Gasteiger partial charge on any atom is 0.272 e. The van der Waals surface area contributed by atoms with Crippen LogP contribution in [0.5, 0.6) is 0 Å². The third-order valence-electron chi connectivity index (χ3n) is 5.78. The summed E-state index contributed by atoms with van der Waals surface area (Å²) < 4.78 is 0. The van der Waals surface area contributed by atoms with Crippen LogP contribution in [-0.4, -0.2) is 33.9 Å². The number of H-pyrrole nitrogens is 1. The molecule has 0 bridgehead atoms. The van der Waals surface area contributed by atoms with E-state index >= 15 is 0 Å². The monoisotopic (exact) mass is 423 g/mol. The molecule has 3 N–H and O–H groups in total. The molecule has 0 fully saturated rings. The van der Waals surface area contributed by atoms with Crippen molar-refractivity contribution in [2.75, 3.05) is 6.61 Å². The lowest BCUT2D eigenvalue weighted by Gasteiger charge is -2.24. The van der Waals surface area contributed by atoms with Crippen LogP contribution in [0.2, 0.25) is 5.02 Å². The zero-order chi connectivity index (χ0) is 20.9. The Morgan fingerprint density at radius 2 is 2.07 bits per heavy atom. The fourth-order valence-electron chi connectivity index (χ4n) is 4.13. The van der Waals surface area contributed by atoms with E-state index in [-0.39, 0.29) is 24.5 Å². The number of halogens is 1. The molecule has 2 atom stereocenters. The Hall–Kier alpha value is -2.63. The Labute approximate surface area is 181 Å². The third kappa shape index (κ3) is 4.58. The lowest BCUT2D eigenvalue weighted by molar-refractivity contribution is 0.0893. The van der Waals surface area contributed by atoms with Gasteiger partial charge in [-0.2, -0.15) is 5.10 Å². The van der Waals surface area contributed by atoms with E-state index in [0.717, 1.165) is 54.5 Å². The van der Waals surface area contributed by atoms with E-state index in [9.17, 15) is 9.90 Å². The van der Waals surface area contributed by atoms with Gasteiger partial charge in [0.05, 0.1) is 18.3 Å². The van der Waals surface area contributed by atoms with Crippen molar-refractivity contribution < 1.29 is 9.90 Å². The molecule has 1 unspecified atom stereocenters. The first-order valence-electron chi connectivity index (χ1n) is 10.4. The number of aromatic amines is 1. The number of aliphatic hydroxyl groups excluding tert-OH is 1. The lowest BCUT2D eigenvalue weighted by Crippen LogP contribution is -2.43. The van der Waals surface area contributed by atoms with Crippen LogP contribution >= 0.6 is 11.6 Å². The smallest absolute Gasteiger partial charge is 0.272 e. The van der Waals surface area contributed by atoms with Gasteiger partial charge in [-0.15, -0.1) is 0 Å². The summed E-state index contributed by atoms with van der Waals surface area (Å²) in [6, 6.07) is 7.40. The number of rotatable bonds is 5. The van der Waals surface area contributed by atoms with Crippen LogP contribution < -0.4 is 5.32 Å². The van der Waals surface area contributed by atoms with Crippen LogP contribution in [0.1, 0.15) is 53.0 Å². The largest absolute Gasteiger partial charge is 0.394 e. The van der Waals surface area contributed by atoms with Gasteiger partial charge in [0.1, 0.15) is 0 Å². The molecule has 1 amide bonds. The number of carbonyl (C=O) groups is 1. The number of nitrogens with zero attached hydrogens (tertiary/aromatic N) is 1. The minimum atomic E-state index is -0.332. The Bertz CT molecular complexity index is 988. The Morgan fingerprint density at radius 3 is 2.80 bits per heavy atom. The number of aromatic nitrogens is 2. The summed E-state index contributed by atoms with van der Waals surface area (Å²) in [5.41, 5.74) is 4.55. The minimum Gasteiger partial charge on any atom is -0.394 e. The number of nitrogens with one attached hydrogen (secondary N) is 2. The highest BCUT2D eigenvalue weighted by Crippen LogP contribution is 2.32. The van der Waals surface area contributed by atoms with Crippen LogP contribution in [0.25, 0.3) is 11.6 Å². The molecular formula is C24H26ClN3O2. The average molecular weight is 424 g/mol. The van der Waals surface area contributed by atoms with E-state index in [2.05, 4.69) is 21.6 Å². The predicted octanol–water partition coefficient (Wildman–Crippen LogP) is 4.55. The van der Waals surface area contributed by atoms with Crippen molar-refractivity contribution in [3.05, 3.63) is 76.1 Å². The molecule has 6 heteroatoms. The molecular weight excluding hydrogens is 398 g/mol. The number of aliphatic hydroxyl groups is 1. The summed E-state index contributed by atoms with van der Waals surface area (Å²) in [7, 11) is 0. The molecule has 0 aliphatic heterocycles. The maximum absolute atomic E-state index is 13.0. The van der Waals surface area contributed by atoms with Gasteiger partial charge in [-0.05, 0) is 61.4 Å². The number of amides is 1. The number of hydrogen-bond acceptors (Lipinski definition) is 3. The number of fused-ring (bicyclic) bond motifs is 1. The fourth-order valence-corrected chi connectivity index (χ4v) is 4.26. The van der Waals surface area contributed by atoms with E-state index in [0.29, 0.717) is 10.7 Å². The highest BCUT2D eigenvalue weighted by atomic mass is 35.5. The van der Waals surface area contributed by atoms with Crippen LogP contribution in [0, 0.1) is 5.92 Å². The standard InChI is InChI=1S/C24H26ClN3O2/c25-19-12-10-16(11-13-19)14-18-8-4-5-9-20-22(18)27-28-23(20)24(30)26-21(15-29)17-6-2-1-3-7-17/h1-3,6,10-14,17,21,29H,4-5,7-9,15H2,(H,26,30)(H,27,28)/b18-14+/t17?,21-/m0/s1. The molecule has 0 spiro atoms. The molecule has 0 radical (unpaired) electrons. The van der Waals surface area contributed by atoms with E-state index in [1.807, 2.05) is 48.6 Å². The zero-order valence-electron chi connectivity index (χ0n) is 16.8. The minimum absolute atomic E-state index is 0.0851. The van der Waals surface area contributed by atoms with E-state index < -0.39 is 0 Å². The van der Waals surface area contributed by atoms with E-state index in [4.69, 9.17) is 11.6 Å².